The zero-order chi connectivity index (χ0) is 25.9. The number of carbonyl (C=O) groups excluding carboxylic acids is 4. The average Bonchev–Trinajstić information content (AvgIpc) is 3.42. The van der Waals surface area contributed by atoms with Gasteiger partial charge in [-0.2, -0.15) is 11.8 Å². The minimum absolute atomic E-state index is 0.0458. The molecule has 5 atom stereocenters. The quantitative estimate of drug-likeness (QED) is 0.309. The van der Waals surface area contributed by atoms with Crippen molar-refractivity contribution in [2.24, 2.45) is 11.8 Å². The number of fused-ring (bicyclic) bond motifs is 1. The Bertz CT molecular complexity index is 916. The van der Waals surface area contributed by atoms with Crippen molar-refractivity contribution in [1.82, 2.24) is 10.6 Å². The van der Waals surface area contributed by atoms with Crippen molar-refractivity contribution < 1.29 is 41.8 Å². The van der Waals surface area contributed by atoms with Crippen molar-refractivity contribution in [3.63, 3.8) is 0 Å². The molecular weight excluding hydrogens is 488 g/mol. The van der Waals surface area contributed by atoms with E-state index >= 15 is 0 Å². The van der Waals surface area contributed by atoms with Crippen LogP contribution in [0.15, 0.2) is 0 Å². The monoisotopic (exact) mass is 522 g/mol. The highest BCUT2D eigenvalue weighted by Gasteiger charge is 2.79. The highest BCUT2D eigenvalue weighted by Crippen LogP contribution is 2.58. The van der Waals surface area contributed by atoms with Gasteiger partial charge in [0.1, 0.15) is 11.6 Å². The summed E-state index contributed by atoms with van der Waals surface area (Å²) in [5.74, 6) is -4.73. The lowest BCUT2D eigenvalue weighted by atomic mass is 9.93. The second kappa shape index (κ2) is 10.7. The standard InChI is InChI=1S/C21H34N2O9S2/c1-7-30-17(25)13-14-15(13)34(28,29)11-21(14,18(26)31-8-2)23-16(24)12(9-10-33-6)22-19(27)32-20(3,4)5/h12-15H,7-11H2,1-6H3,(H,22,27)(H,23,24)/t12-,13?,14?,15?,21-/m0/s1. The van der Waals surface area contributed by atoms with Gasteiger partial charge in [-0.1, -0.05) is 0 Å². The van der Waals surface area contributed by atoms with Crippen LogP contribution in [-0.4, -0.2) is 85.8 Å². The molecule has 3 unspecified atom stereocenters. The molecule has 1 aliphatic carbocycles. The Labute approximate surface area is 204 Å². The Balaban J connectivity index is 2.35. The van der Waals surface area contributed by atoms with Gasteiger partial charge in [0.2, 0.25) is 5.91 Å². The Hall–Kier alpha value is -2.02. The fourth-order valence-corrected chi connectivity index (χ4v) is 7.40. The van der Waals surface area contributed by atoms with Crippen LogP contribution in [0.5, 0.6) is 0 Å². The van der Waals surface area contributed by atoms with Gasteiger partial charge in [0.05, 0.1) is 30.1 Å². The van der Waals surface area contributed by atoms with Gasteiger partial charge < -0.3 is 24.8 Å². The summed E-state index contributed by atoms with van der Waals surface area (Å²) in [6.45, 7) is 8.15. The summed E-state index contributed by atoms with van der Waals surface area (Å²) in [5.41, 5.74) is -2.76. The van der Waals surface area contributed by atoms with Crippen LogP contribution in [0.25, 0.3) is 0 Å². The summed E-state index contributed by atoms with van der Waals surface area (Å²) >= 11 is 1.44. The zero-order valence-electron chi connectivity index (χ0n) is 20.3. The average molecular weight is 523 g/mol. The number of amides is 2. The van der Waals surface area contributed by atoms with Crippen LogP contribution in [0.3, 0.4) is 0 Å². The van der Waals surface area contributed by atoms with Crippen LogP contribution in [0, 0.1) is 11.8 Å². The van der Waals surface area contributed by atoms with Crippen LogP contribution in [0.4, 0.5) is 4.79 Å². The number of hydrogen-bond acceptors (Lipinski definition) is 10. The molecule has 0 bridgehead atoms. The number of ether oxygens (including phenoxy) is 3. The Morgan fingerprint density at radius 1 is 1.12 bits per heavy atom. The molecule has 2 amide bonds. The van der Waals surface area contributed by atoms with E-state index < -0.39 is 73.8 Å². The number of nitrogens with one attached hydrogen (secondary N) is 2. The highest BCUT2D eigenvalue weighted by atomic mass is 32.2. The molecule has 0 aromatic heterocycles. The lowest BCUT2D eigenvalue weighted by Gasteiger charge is -2.32. The first-order valence-corrected chi connectivity index (χ1v) is 14.2. The molecule has 1 heterocycles. The van der Waals surface area contributed by atoms with Gasteiger partial charge in [0.15, 0.2) is 15.4 Å². The topological polar surface area (TPSA) is 154 Å². The lowest BCUT2D eigenvalue weighted by molar-refractivity contribution is -0.154. The predicted octanol–water partition coefficient (Wildman–Crippen LogP) is 0.657. The SMILES string of the molecule is CCOC(=O)C1C2C1S(=O)(=O)C[C@@]2(NC(=O)[C@H](CCSC)NC(=O)OC(C)(C)C)C(=O)OCC. The lowest BCUT2D eigenvalue weighted by Crippen LogP contribution is -2.63. The molecule has 2 N–H and O–H groups in total. The number of esters is 2. The van der Waals surface area contributed by atoms with Crippen molar-refractivity contribution in [2.45, 2.75) is 63.5 Å². The zero-order valence-corrected chi connectivity index (χ0v) is 22.0. The highest BCUT2D eigenvalue weighted by molar-refractivity contribution is 7.98. The van der Waals surface area contributed by atoms with Gasteiger partial charge in [-0.25, -0.2) is 18.0 Å². The summed E-state index contributed by atoms with van der Waals surface area (Å²) < 4.78 is 41.0. The Kier molecular flexibility index (Phi) is 8.89. The number of thioether (sulfide) groups is 1. The van der Waals surface area contributed by atoms with Gasteiger partial charge in [0, 0.05) is 5.92 Å². The molecule has 2 fully saturated rings. The van der Waals surface area contributed by atoms with Crippen LogP contribution < -0.4 is 10.6 Å². The van der Waals surface area contributed by atoms with E-state index in [9.17, 15) is 27.6 Å². The largest absolute Gasteiger partial charge is 0.466 e. The van der Waals surface area contributed by atoms with E-state index in [0.717, 1.165) is 0 Å². The van der Waals surface area contributed by atoms with E-state index in [1.807, 2.05) is 6.26 Å². The molecule has 1 aliphatic heterocycles. The molecule has 2 rings (SSSR count). The number of carbonyl (C=O) groups is 4. The van der Waals surface area contributed by atoms with Crippen LogP contribution >= 0.6 is 11.8 Å². The van der Waals surface area contributed by atoms with Crippen molar-refractivity contribution in [3.05, 3.63) is 0 Å². The van der Waals surface area contributed by atoms with Crippen molar-refractivity contribution in [2.75, 3.05) is 31.0 Å². The summed E-state index contributed by atoms with van der Waals surface area (Å²) in [5, 5.41) is 3.90. The molecule has 13 heteroatoms. The van der Waals surface area contributed by atoms with Gasteiger partial charge in [0.25, 0.3) is 0 Å². The number of alkyl carbamates (subject to hydrolysis) is 1. The predicted molar refractivity (Wildman–Crippen MR) is 125 cm³/mol. The second-order valence-electron chi connectivity index (χ2n) is 9.24. The first-order chi connectivity index (χ1) is 15.7. The molecule has 0 aromatic carbocycles. The molecule has 0 aromatic rings. The van der Waals surface area contributed by atoms with Crippen molar-refractivity contribution in [3.8, 4) is 0 Å². The molecule has 2 aliphatic rings. The van der Waals surface area contributed by atoms with E-state index in [-0.39, 0.29) is 19.6 Å². The Morgan fingerprint density at radius 2 is 1.74 bits per heavy atom. The number of rotatable bonds is 10. The maximum atomic E-state index is 13.3. The third-order valence-electron chi connectivity index (χ3n) is 5.53. The third-order valence-corrected chi connectivity index (χ3v) is 8.45. The molecule has 0 radical (unpaired) electrons. The van der Waals surface area contributed by atoms with Crippen molar-refractivity contribution >= 4 is 45.5 Å². The minimum atomic E-state index is -3.90. The molecular formula is C21H34N2O9S2. The first-order valence-electron chi connectivity index (χ1n) is 11.1. The summed E-state index contributed by atoms with van der Waals surface area (Å²) in [7, 11) is -3.90. The molecule has 11 nitrogen and oxygen atoms in total. The maximum absolute atomic E-state index is 13.3. The fraction of sp³-hybridized carbons (Fsp3) is 0.810. The van der Waals surface area contributed by atoms with E-state index in [1.165, 1.54) is 11.8 Å². The fourth-order valence-electron chi connectivity index (χ4n) is 4.23. The Morgan fingerprint density at radius 3 is 2.26 bits per heavy atom. The van der Waals surface area contributed by atoms with Gasteiger partial charge >= 0.3 is 18.0 Å². The molecule has 0 spiro atoms. The molecule has 194 valence electrons. The molecule has 34 heavy (non-hydrogen) atoms. The van der Waals surface area contributed by atoms with E-state index in [4.69, 9.17) is 14.2 Å². The normalized spacial score (nSPS) is 27.6. The number of hydrogen-bond donors (Lipinski definition) is 2. The van der Waals surface area contributed by atoms with Gasteiger partial charge in [-0.15, -0.1) is 0 Å². The third kappa shape index (κ3) is 6.15. The molecule has 1 saturated carbocycles. The maximum Gasteiger partial charge on any atom is 0.408 e. The summed E-state index contributed by atoms with van der Waals surface area (Å²) in [6, 6.07) is -1.10. The summed E-state index contributed by atoms with van der Waals surface area (Å²) in [6.07, 6.45) is 1.20. The van der Waals surface area contributed by atoms with E-state index in [2.05, 4.69) is 10.6 Å². The van der Waals surface area contributed by atoms with Crippen LogP contribution in [0.1, 0.15) is 41.0 Å². The smallest absolute Gasteiger partial charge is 0.408 e. The summed E-state index contributed by atoms with van der Waals surface area (Å²) in [4.78, 5) is 51.0. The second-order valence-corrected chi connectivity index (χ2v) is 12.4. The first kappa shape index (κ1) is 28.2. The van der Waals surface area contributed by atoms with Gasteiger partial charge in [-0.3, -0.25) is 9.59 Å². The van der Waals surface area contributed by atoms with Crippen molar-refractivity contribution in [1.29, 1.82) is 0 Å². The minimum Gasteiger partial charge on any atom is -0.466 e. The molecule has 1 saturated heterocycles. The van der Waals surface area contributed by atoms with Crippen LogP contribution in [0.2, 0.25) is 0 Å². The van der Waals surface area contributed by atoms with Gasteiger partial charge in [-0.05, 0) is 53.0 Å². The number of sulfone groups is 1. The van der Waals surface area contributed by atoms with Crippen LogP contribution in [-0.2, 0) is 38.4 Å². The van der Waals surface area contributed by atoms with E-state index in [1.54, 1.807) is 34.6 Å². The van der Waals surface area contributed by atoms with E-state index in [0.29, 0.717) is 5.75 Å².